The number of phenols is 1. The minimum absolute atomic E-state index is 0. The molecule has 41 heavy (non-hydrogen) atoms. The van der Waals surface area contributed by atoms with Crippen molar-refractivity contribution in [3.05, 3.63) is 76.7 Å². The van der Waals surface area contributed by atoms with Crippen LogP contribution in [0.3, 0.4) is 0 Å². The second kappa shape index (κ2) is 12.3. The molecule has 0 saturated heterocycles. The van der Waals surface area contributed by atoms with Crippen molar-refractivity contribution < 1.29 is 52.3 Å². The van der Waals surface area contributed by atoms with Crippen LogP contribution in [0.2, 0.25) is 5.02 Å². The van der Waals surface area contributed by atoms with E-state index in [1.54, 1.807) is 36.4 Å². The summed E-state index contributed by atoms with van der Waals surface area (Å²) in [4.78, 5) is 23.9. The Kier molecular flexibility index (Phi) is 9.04. The van der Waals surface area contributed by atoms with Crippen molar-refractivity contribution >= 4 is 50.9 Å². The number of fused-ring (bicyclic) bond motifs is 1. The number of phenolic OH excluding ortho intramolecular Hbond substituents is 1. The number of aromatic nitrogens is 5. The van der Waals surface area contributed by atoms with Gasteiger partial charge in [0.15, 0.2) is 5.76 Å². The summed E-state index contributed by atoms with van der Waals surface area (Å²) in [7, 11) is -4.14. The number of halogens is 1. The summed E-state index contributed by atoms with van der Waals surface area (Å²) in [5, 5.41) is 16.8. The number of hydrogen-bond acceptors (Lipinski definition) is 11. The van der Waals surface area contributed by atoms with Gasteiger partial charge in [-0.1, -0.05) is 23.7 Å². The van der Waals surface area contributed by atoms with Gasteiger partial charge >= 0.3 is 29.6 Å². The maximum absolute atomic E-state index is 12.8. The second-order valence-electron chi connectivity index (χ2n) is 8.49. The third-order valence-corrected chi connectivity index (χ3v) is 7.35. The number of carbonyl (C=O) groups is 1. The number of nitrogen functional groups attached to an aromatic ring is 1. The normalized spacial score (nSPS) is 11.2. The van der Waals surface area contributed by atoms with Gasteiger partial charge in [-0.05, 0) is 54.8 Å². The number of hydrogen-bond donors (Lipinski definition) is 4. The van der Waals surface area contributed by atoms with Crippen LogP contribution in [0.15, 0.2) is 64.1 Å². The summed E-state index contributed by atoms with van der Waals surface area (Å²) in [5.41, 5.74) is 13.9. The maximum atomic E-state index is 12.8. The van der Waals surface area contributed by atoms with Crippen LogP contribution in [0.25, 0.3) is 23.1 Å². The largest absolute Gasteiger partial charge is 1.00 e. The summed E-state index contributed by atoms with van der Waals surface area (Å²) in [5.74, 6) is -0.384. The number of carbonyl (C=O) groups excluding carboxylic acids is 1. The molecule has 0 unspecified atom stereocenters. The van der Waals surface area contributed by atoms with E-state index in [0.717, 1.165) is 17.7 Å². The molecule has 0 aliphatic rings. The number of nitrogens with zero attached hydrogens (tertiary/aromatic N) is 5. The van der Waals surface area contributed by atoms with E-state index >= 15 is 0 Å². The SMILES string of the molecule is [NH-]C(=O)c1cc(S(=O)(=O)Nc2ccc(CCCNc3nc(N)n4nc(-c5ccco5)nc4n3)cc2)cc(Cl)c1O.[Na+]. The van der Waals surface area contributed by atoms with E-state index in [-0.39, 0.29) is 56.9 Å². The average Bonchev–Trinajstić information content (AvgIpc) is 3.59. The van der Waals surface area contributed by atoms with E-state index in [1.807, 2.05) is 0 Å². The molecule has 2 aromatic carbocycles. The molecule has 3 heterocycles. The molecule has 0 spiro atoms. The quantitative estimate of drug-likeness (QED) is 0.129. The summed E-state index contributed by atoms with van der Waals surface area (Å²) < 4.78 is 34.6. The fourth-order valence-electron chi connectivity index (χ4n) is 3.74. The molecular weight excluding hydrogens is 585 g/mol. The Hall–Kier alpha value is -3.89. The van der Waals surface area contributed by atoms with Gasteiger partial charge in [-0.3, -0.25) is 4.72 Å². The first-order valence-electron chi connectivity index (χ1n) is 11.7. The van der Waals surface area contributed by atoms with Crippen LogP contribution in [0.4, 0.5) is 17.6 Å². The zero-order chi connectivity index (χ0) is 28.4. The average molecular weight is 606 g/mol. The number of amides is 1. The third-order valence-electron chi connectivity index (χ3n) is 5.70. The van der Waals surface area contributed by atoms with Crippen LogP contribution in [0, 0.1) is 0 Å². The van der Waals surface area contributed by atoms with Crippen LogP contribution >= 0.6 is 11.6 Å². The zero-order valence-corrected chi connectivity index (χ0v) is 25.1. The number of nitrogens with one attached hydrogen (secondary N) is 3. The van der Waals surface area contributed by atoms with Gasteiger partial charge in [0, 0.05) is 17.8 Å². The van der Waals surface area contributed by atoms with Crippen molar-refractivity contribution in [2.45, 2.75) is 17.7 Å². The van der Waals surface area contributed by atoms with Crippen molar-refractivity contribution in [2.75, 3.05) is 22.3 Å². The minimum atomic E-state index is -4.14. The molecule has 0 aliphatic carbocycles. The summed E-state index contributed by atoms with van der Waals surface area (Å²) in [6.45, 7) is 0.530. The topological polar surface area (TPSA) is 214 Å². The Morgan fingerprint density at radius 3 is 2.59 bits per heavy atom. The van der Waals surface area contributed by atoms with Crippen molar-refractivity contribution in [3.8, 4) is 17.3 Å². The van der Waals surface area contributed by atoms with Gasteiger partial charge in [0.1, 0.15) is 5.75 Å². The van der Waals surface area contributed by atoms with E-state index in [1.165, 1.54) is 10.8 Å². The van der Waals surface area contributed by atoms with E-state index in [2.05, 4.69) is 30.1 Å². The molecule has 5 aromatic rings. The van der Waals surface area contributed by atoms with Gasteiger partial charge in [-0.15, -0.1) is 5.10 Å². The molecule has 0 saturated carbocycles. The van der Waals surface area contributed by atoms with Gasteiger partial charge in [0.05, 0.1) is 22.1 Å². The van der Waals surface area contributed by atoms with Crippen LogP contribution < -0.4 is 45.3 Å². The van der Waals surface area contributed by atoms with E-state index in [9.17, 15) is 18.3 Å². The van der Waals surface area contributed by atoms with E-state index in [4.69, 9.17) is 27.5 Å². The molecule has 0 radical (unpaired) electrons. The maximum Gasteiger partial charge on any atom is 1.00 e. The number of nitrogens with two attached hydrogens (primary N) is 1. The Morgan fingerprint density at radius 1 is 1.15 bits per heavy atom. The molecule has 6 N–H and O–H groups in total. The second-order valence-corrected chi connectivity index (χ2v) is 10.6. The van der Waals surface area contributed by atoms with Crippen LogP contribution in [0.5, 0.6) is 5.75 Å². The molecule has 1 amide bonds. The van der Waals surface area contributed by atoms with Crippen molar-refractivity contribution in [2.24, 2.45) is 0 Å². The molecule has 5 rings (SSSR count). The Balaban J connectivity index is 0.00000387. The fraction of sp³-hybridized carbons (Fsp3) is 0.125. The van der Waals surface area contributed by atoms with Gasteiger partial charge in [-0.2, -0.15) is 19.5 Å². The first-order chi connectivity index (χ1) is 19.1. The summed E-state index contributed by atoms with van der Waals surface area (Å²) in [6.07, 6.45) is 2.90. The number of benzene rings is 2. The number of aryl methyl sites for hydroxylation is 1. The van der Waals surface area contributed by atoms with Crippen LogP contribution in [-0.4, -0.2) is 50.5 Å². The van der Waals surface area contributed by atoms with Gasteiger partial charge in [0.25, 0.3) is 15.8 Å². The predicted octanol–water partition coefficient (Wildman–Crippen LogP) is 0.762. The van der Waals surface area contributed by atoms with Crippen molar-refractivity contribution in [3.63, 3.8) is 0 Å². The number of aromatic hydroxyl groups is 1. The van der Waals surface area contributed by atoms with Crippen LogP contribution in [0.1, 0.15) is 22.3 Å². The smallest absolute Gasteiger partial charge is 0.663 e. The van der Waals surface area contributed by atoms with Crippen LogP contribution in [-0.2, 0) is 16.4 Å². The number of sulfonamides is 1. The number of furan rings is 1. The Bertz CT molecular complexity index is 1810. The molecule has 3 aromatic heterocycles. The van der Waals surface area contributed by atoms with E-state index < -0.39 is 27.2 Å². The molecule has 0 bridgehead atoms. The molecule has 14 nitrogen and oxygen atoms in total. The third kappa shape index (κ3) is 6.71. The zero-order valence-electron chi connectivity index (χ0n) is 21.5. The Morgan fingerprint density at radius 2 is 1.90 bits per heavy atom. The van der Waals surface area contributed by atoms with Crippen molar-refractivity contribution in [1.29, 1.82) is 0 Å². The Labute approximate surface area is 260 Å². The fourth-order valence-corrected chi connectivity index (χ4v) is 5.14. The van der Waals surface area contributed by atoms with Gasteiger partial charge < -0.3 is 31.1 Å². The number of anilines is 3. The molecular formula is C24H21ClN9NaO5S. The first kappa shape index (κ1) is 30.1. The van der Waals surface area contributed by atoms with Crippen molar-refractivity contribution in [1.82, 2.24) is 24.6 Å². The molecule has 0 aliphatic heterocycles. The predicted molar refractivity (Wildman–Crippen MR) is 147 cm³/mol. The minimum Gasteiger partial charge on any atom is -0.663 e. The molecule has 0 atom stereocenters. The number of rotatable bonds is 10. The monoisotopic (exact) mass is 605 g/mol. The van der Waals surface area contributed by atoms with Gasteiger partial charge in [-0.25, -0.2) is 8.42 Å². The molecule has 17 heteroatoms. The molecule has 0 fully saturated rings. The molecule has 206 valence electrons. The summed E-state index contributed by atoms with van der Waals surface area (Å²) in [6, 6.07) is 12.1. The first-order valence-corrected chi connectivity index (χ1v) is 13.5. The van der Waals surface area contributed by atoms with E-state index in [0.29, 0.717) is 36.9 Å². The summed E-state index contributed by atoms with van der Waals surface area (Å²) >= 11 is 5.84. The standard InChI is InChI=1S/C24H22ClN9O5S.Na/c25-17-12-15(11-16(19(17)35)20(26)36)40(37,38)33-14-7-5-13(6-8-14)3-1-9-28-23-30-22(27)34-24(31-23)29-21(32-34)18-4-2-10-39-18;/h2,4-8,10-12,33H,1,3,9H2,(H6,26,27,28,29,30,31,32,35,36);/q;+1/p-1. The van der Waals surface area contributed by atoms with Gasteiger partial charge in [0.2, 0.25) is 17.7 Å².